The van der Waals surface area contributed by atoms with Crippen LogP contribution in [0.3, 0.4) is 0 Å². The second kappa shape index (κ2) is 5.80. The van der Waals surface area contributed by atoms with Crippen LogP contribution in [0.15, 0.2) is 12.1 Å². The number of hydrogen-bond acceptors (Lipinski definition) is 4. The summed E-state index contributed by atoms with van der Waals surface area (Å²) in [6, 6.07) is 2.83. The van der Waals surface area contributed by atoms with E-state index in [0.717, 1.165) is 0 Å². The molecular weight excluding hydrogens is 282 g/mol. The Labute approximate surface area is 118 Å². The first-order chi connectivity index (χ1) is 9.03. The van der Waals surface area contributed by atoms with Gasteiger partial charge in [-0.2, -0.15) is 13.6 Å². The van der Waals surface area contributed by atoms with E-state index >= 15 is 0 Å². The molecule has 0 aromatic heterocycles. The SMILES string of the molecule is CC(C)c1cc(C(=O)O)cc(C(C)C)c1OS(N)(=O)=O. The molecule has 1 aromatic carbocycles. The summed E-state index contributed by atoms with van der Waals surface area (Å²) in [6.45, 7) is 7.28. The molecule has 7 heteroatoms. The summed E-state index contributed by atoms with van der Waals surface area (Å²) in [5, 5.41) is 14.1. The Balaban J connectivity index is 3.63. The third kappa shape index (κ3) is 3.94. The Morgan fingerprint density at radius 1 is 1.15 bits per heavy atom. The molecule has 0 heterocycles. The lowest BCUT2D eigenvalue weighted by molar-refractivity contribution is 0.0696. The van der Waals surface area contributed by atoms with E-state index in [1.807, 2.05) is 27.7 Å². The molecule has 20 heavy (non-hydrogen) atoms. The predicted molar refractivity (Wildman–Crippen MR) is 75.3 cm³/mol. The molecule has 1 aromatic rings. The first kappa shape index (κ1) is 16.5. The Bertz CT molecular complexity index is 591. The van der Waals surface area contributed by atoms with Gasteiger partial charge in [-0.05, 0) is 35.1 Å². The zero-order chi connectivity index (χ0) is 15.7. The number of nitrogens with two attached hydrogens (primary N) is 1. The largest absolute Gasteiger partial charge is 0.478 e. The van der Waals surface area contributed by atoms with Gasteiger partial charge in [0.2, 0.25) is 0 Å². The number of benzene rings is 1. The number of hydrogen-bond donors (Lipinski definition) is 2. The van der Waals surface area contributed by atoms with Gasteiger partial charge in [-0.25, -0.2) is 4.79 Å². The van der Waals surface area contributed by atoms with E-state index in [2.05, 4.69) is 0 Å². The molecule has 0 unspecified atom stereocenters. The molecular formula is C13H19NO5S. The second-order valence-electron chi connectivity index (χ2n) is 5.17. The molecule has 0 fully saturated rings. The summed E-state index contributed by atoms with van der Waals surface area (Å²) >= 11 is 0. The first-order valence-electron chi connectivity index (χ1n) is 6.16. The lowest BCUT2D eigenvalue weighted by Crippen LogP contribution is -2.21. The highest BCUT2D eigenvalue weighted by molar-refractivity contribution is 7.84. The predicted octanol–water partition coefficient (Wildman–Crippen LogP) is 2.21. The number of rotatable bonds is 5. The minimum Gasteiger partial charge on any atom is -0.478 e. The molecule has 6 nitrogen and oxygen atoms in total. The van der Waals surface area contributed by atoms with Crippen LogP contribution in [0.25, 0.3) is 0 Å². The highest BCUT2D eigenvalue weighted by atomic mass is 32.2. The van der Waals surface area contributed by atoms with Crippen LogP contribution in [0.4, 0.5) is 0 Å². The molecule has 0 spiro atoms. The van der Waals surface area contributed by atoms with Gasteiger partial charge in [0.05, 0.1) is 5.56 Å². The van der Waals surface area contributed by atoms with Crippen LogP contribution in [-0.2, 0) is 10.3 Å². The first-order valence-corrected chi connectivity index (χ1v) is 7.63. The van der Waals surface area contributed by atoms with E-state index in [4.69, 9.17) is 14.4 Å². The summed E-state index contributed by atoms with van der Waals surface area (Å²) in [7, 11) is -4.17. The third-order valence-electron chi connectivity index (χ3n) is 2.84. The van der Waals surface area contributed by atoms with Crippen molar-refractivity contribution >= 4 is 16.3 Å². The molecule has 0 radical (unpaired) electrons. The summed E-state index contributed by atoms with van der Waals surface area (Å²) in [6.07, 6.45) is 0. The minimum atomic E-state index is -4.17. The fourth-order valence-electron chi connectivity index (χ4n) is 1.87. The van der Waals surface area contributed by atoms with Crippen molar-refractivity contribution in [2.24, 2.45) is 5.14 Å². The maximum Gasteiger partial charge on any atom is 0.380 e. The van der Waals surface area contributed by atoms with Gasteiger partial charge >= 0.3 is 16.3 Å². The Morgan fingerprint density at radius 2 is 1.55 bits per heavy atom. The second-order valence-corrected chi connectivity index (χ2v) is 6.33. The highest BCUT2D eigenvalue weighted by Gasteiger charge is 2.22. The Morgan fingerprint density at radius 3 is 1.80 bits per heavy atom. The molecule has 112 valence electrons. The molecule has 0 aliphatic heterocycles. The number of aromatic carboxylic acids is 1. The zero-order valence-corrected chi connectivity index (χ0v) is 12.7. The van der Waals surface area contributed by atoms with Crippen molar-refractivity contribution in [2.45, 2.75) is 39.5 Å². The maximum atomic E-state index is 11.2. The van der Waals surface area contributed by atoms with Gasteiger partial charge in [-0.15, -0.1) is 0 Å². The number of carboxylic acids is 1. The van der Waals surface area contributed by atoms with Crippen LogP contribution in [-0.4, -0.2) is 19.5 Å². The Hall–Kier alpha value is -1.60. The molecule has 1 rings (SSSR count). The molecule has 0 aliphatic carbocycles. The van der Waals surface area contributed by atoms with Crippen LogP contribution < -0.4 is 9.32 Å². The van der Waals surface area contributed by atoms with E-state index in [1.54, 1.807) is 0 Å². The highest BCUT2D eigenvalue weighted by Crippen LogP contribution is 2.36. The topological polar surface area (TPSA) is 107 Å². The van der Waals surface area contributed by atoms with Gasteiger partial charge in [-0.1, -0.05) is 27.7 Å². The zero-order valence-electron chi connectivity index (χ0n) is 11.9. The molecule has 0 saturated heterocycles. The average Bonchev–Trinajstić information content (AvgIpc) is 2.25. The molecule has 0 aliphatic rings. The van der Waals surface area contributed by atoms with E-state index < -0.39 is 16.3 Å². The normalized spacial score (nSPS) is 11.9. The quantitative estimate of drug-likeness (QED) is 0.867. The van der Waals surface area contributed by atoms with E-state index in [1.165, 1.54) is 12.1 Å². The maximum absolute atomic E-state index is 11.2. The minimum absolute atomic E-state index is 0.0965. The standard InChI is InChI=1S/C13H19NO5S/c1-7(2)10-5-9(13(15)16)6-11(8(3)4)12(10)19-20(14,17)18/h5-8H,1-4H3,(H,15,16)(H2,14,17,18). The summed E-state index contributed by atoms with van der Waals surface area (Å²) in [5.41, 5.74) is 1.10. The lowest BCUT2D eigenvalue weighted by Gasteiger charge is -2.19. The van der Waals surface area contributed by atoms with E-state index in [-0.39, 0.29) is 23.1 Å². The monoisotopic (exact) mass is 301 g/mol. The van der Waals surface area contributed by atoms with Crippen LogP contribution >= 0.6 is 0 Å². The summed E-state index contributed by atoms with van der Waals surface area (Å²) < 4.78 is 27.3. The number of carbonyl (C=O) groups is 1. The lowest BCUT2D eigenvalue weighted by atomic mass is 9.91. The van der Waals surface area contributed by atoms with Crippen molar-refractivity contribution in [1.82, 2.24) is 0 Å². The smallest absolute Gasteiger partial charge is 0.380 e. The summed E-state index contributed by atoms with van der Waals surface area (Å²) in [4.78, 5) is 11.2. The van der Waals surface area contributed by atoms with Gasteiger partial charge < -0.3 is 9.29 Å². The van der Waals surface area contributed by atoms with Crippen molar-refractivity contribution < 1.29 is 22.5 Å². The van der Waals surface area contributed by atoms with Crippen molar-refractivity contribution in [3.8, 4) is 5.75 Å². The fourth-order valence-corrected chi connectivity index (χ4v) is 2.29. The van der Waals surface area contributed by atoms with Crippen LogP contribution in [0.5, 0.6) is 5.75 Å². The van der Waals surface area contributed by atoms with Gasteiger partial charge in [0.1, 0.15) is 0 Å². The molecule has 0 atom stereocenters. The fraction of sp³-hybridized carbons (Fsp3) is 0.462. The van der Waals surface area contributed by atoms with Gasteiger partial charge in [0, 0.05) is 0 Å². The van der Waals surface area contributed by atoms with E-state index in [9.17, 15) is 13.2 Å². The summed E-state index contributed by atoms with van der Waals surface area (Å²) in [5.74, 6) is -1.16. The molecule has 3 N–H and O–H groups in total. The third-order valence-corrected chi connectivity index (χ3v) is 3.24. The van der Waals surface area contributed by atoms with Crippen molar-refractivity contribution in [3.63, 3.8) is 0 Å². The van der Waals surface area contributed by atoms with Crippen LogP contribution in [0.1, 0.15) is 61.0 Å². The van der Waals surface area contributed by atoms with Crippen molar-refractivity contribution in [3.05, 3.63) is 28.8 Å². The Kier molecular flexibility index (Phi) is 4.77. The van der Waals surface area contributed by atoms with Gasteiger partial charge in [-0.3, -0.25) is 0 Å². The molecule has 0 saturated carbocycles. The average molecular weight is 301 g/mol. The van der Waals surface area contributed by atoms with Gasteiger partial charge in [0.25, 0.3) is 0 Å². The van der Waals surface area contributed by atoms with Crippen LogP contribution in [0.2, 0.25) is 0 Å². The number of carboxylic acid groups (broad SMARTS) is 1. The van der Waals surface area contributed by atoms with Crippen molar-refractivity contribution in [2.75, 3.05) is 0 Å². The van der Waals surface area contributed by atoms with Crippen LogP contribution in [0, 0.1) is 0 Å². The van der Waals surface area contributed by atoms with Gasteiger partial charge in [0.15, 0.2) is 5.75 Å². The molecule has 0 bridgehead atoms. The molecule has 0 amide bonds. The van der Waals surface area contributed by atoms with Crippen molar-refractivity contribution in [1.29, 1.82) is 0 Å². The van der Waals surface area contributed by atoms with E-state index in [0.29, 0.717) is 11.1 Å².